The van der Waals surface area contributed by atoms with Crippen LogP contribution in [0.15, 0.2) is 53.1 Å². The number of carbonyl (C=O) groups is 1. The van der Waals surface area contributed by atoms with Crippen LogP contribution in [0.1, 0.15) is 35.8 Å². The van der Waals surface area contributed by atoms with Gasteiger partial charge < -0.3 is 14.7 Å². The molecule has 1 aliphatic rings. The zero-order chi connectivity index (χ0) is 19.5. The minimum Gasteiger partial charge on any atom is -0.339 e. The molecule has 3 aromatic rings. The van der Waals surface area contributed by atoms with Crippen molar-refractivity contribution in [1.82, 2.24) is 15.0 Å². The van der Waals surface area contributed by atoms with Crippen LogP contribution in [0, 0.1) is 13.8 Å². The monoisotopic (exact) mass is 376 g/mol. The van der Waals surface area contributed by atoms with Crippen molar-refractivity contribution in [3.63, 3.8) is 0 Å². The molecule has 0 saturated carbocycles. The van der Waals surface area contributed by atoms with Gasteiger partial charge in [-0.1, -0.05) is 47.6 Å². The molecule has 2 amide bonds. The molecular formula is C22H24N4O2. The van der Waals surface area contributed by atoms with Gasteiger partial charge in [0.05, 0.1) is 0 Å². The van der Waals surface area contributed by atoms with Crippen molar-refractivity contribution in [2.45, 2.75) is 32.6 Å². The molecule has 1 aliphatic heterocycles. The molecule has 1 aromatic heterocycles. The summed E-state index contributed by atoms with van der Waals surface area (Å²) in [5.41, 5.74) is 4.09. The summed E-state index contributed by atoms with van der Waals surface area (Å²) < 4.78 is 5.50. The first-order valence-corrected chi connectivity index (χ1v) is 9.63. The fourth-order valence-electron chi connectivity index (χ4n) is 3.52. The number of urea groups is 1. The Morgan fingerprint density at radius 2 is 1.82 bits per heavy atom. The SMILES string of the molecule is Cc1cccc(NC(=O)N2CCC(c3nc(-c4ccccc4)no3)CC2)c1C. The summed E-state index contributed by atoms with van der Waals surface area (Å²) in [6.45, 7) is 5.41. The fourth-order valence-corrected chi connectivity index (χ4v) is 3.52. The average Bonchev–Trinajstić information content (AvgIpc) is 3.22. The highest BCUT2D eigenvalue weighted by Gasteiger charge is 2.28. The second kappa shape index (κ2) is 7.84. The van der Waals surface area contributed by atoms with E-state index in [-0.39, 0.29) is 11.9 Å². The highest BCUT2D eigenvalue weighted by molar-refractivity contribution is 5.90. The van der Waals surface area contributed by atoms with Crippen molar-refractivity contribution in [3.05, 3.63) is 65.5 Å². The van der Waals surface area contributed by atoms with Gasteiger partial charge in [0.2, 0.25) is 11.7 Å². The van der Waals surface area contributed by atoms with Crippen LogP contribution in [0.3, 0.4) is 0 Å². The Kier molecular flexibility index (Phi) is 5.10. The van der Waals surface area contributed by atoms with Gasteiger partial charge in [-0.25, -0.2) is 4.79 Å². The normalized spacial score (nSPS) is 14.9. The number of amides is 2. The van der Waals surface area contributed by atoms with E-state index in [1.807, 2.05) is 67.3 Å². The highest BCUT2D eigenvalue weighted by Crippen LogP contribution is 2.29. The minimum absolute atomic E-state index is 0.0531. The Balaban J connectivity index is 1.36. The van der Waals surface area contributed by atoms with E-state index in [1.165, 1.54) is 5.56 Å². The zero-order valence-electron chi connectivity index (χ0n) is 16.2. The van der Waals surface area contributed by atoms with E-state index >= 15 is 0 Å². The van der Waals surface area contributed by atoms with Crippen molar-refractivity contribution < 1.29 is 9.32 Å². The number of nitrogens with zero attached hydrogens (tertiary/aromatic N) is 3. The molecule has 1 fully saturated rings. The van der Waals surface area contributed by atoms with E-state index in [9.17, 15) is 4.79 Å². The molecule has 0 aliphatic carbocycles. The van der Waals surface area contributed by atoms with Crippen LogP contribution in [0.2, 0.25) is 0 Å². The molecule has 28 heavy (non-hydrogen) atoms. The maximum atomic E-state index is 12.6. The number of rotatable bonds is 3. The van der Waals surface area contributed by atoms with Crippen molar-refractivity contribution >= 4 is 11.7 Å². The van der Waals surface area contributed by atoms with E-state index in [4.69, 9.17) is 4.52 Å². The first kappa shape index (κ1) is 18.2. The molecule has 1 N–H and O–H groups in total. The molecule has 0 atom stereocenters. The molecule has 0 unspecified atom stereocenters. The molecule has 2 heterocycles. The van der Waals surface area contributed by atoms with Crippen LogP contribution >= 0.6 is 0 Å². The number of likely N-dealkylation sites (tertiary alicyclic amines) is 1. The maximum absolute atomic E-state index is 12.6. The number of benzene rings is 2. The van der Waals surface area contributed by atoms with Gasteiger partial charge >= 0.3 is 6.03 Å². The van der Waals surface area contributed by atoms with Gasteiger partial charge in [-0.3, -0.25) is 0 Å². The molecule has 1 saturated heterocycles. The number of aryl methyl sites for hydroxylation is 1. The van der Waals surface area contributed by atoms with Crippen molar-refractivity contribution in [1.29, 1.82) is 0 Å². The molecule has 144 valence electrons. The topological polar surface area (TPSA) is 71.3 Å². The number of hydrogen-bond donors (Lipinski definition) is 1. The lowest BCUT2D eigenvalue weighted by molar-refractivity contribution is 0.187. The van der Waals surface area contributed by atoms with E-state index in [0.717, 1.165) is 29.7 Å². The van der Waals surface area contributed by atoms with Gasteiger partial charge in [0.1, 0.15) is 0 Å². The standard InChI is InChI=1S/C22H24N4O2/c1-15-7-6-10-19(16(15)2)23-22(27)26-13-11-18(12-14-26)21-24-20(25-28-21)17-8-4-3-5-9-17/h3-10,18H,11-14H2,1-2H3,(H,23,27). The lowest BCUT2D eigenvalue weighted by Crippen LogP contribution is -2.40. The third-order valence-corrected chi connectivity index (χ3v) is 5.45. The second-order valence-electron chi connectivity index (χ2n) is 7.26. The lowest BCUT2D eigenvalue weighted by atomic mass is 9.97. The first-order valence-electron chi connectivity index (χ1n) is 9.63. The van der Waals surface area contributed by atoms with Gasteiger partial charge in [0, 0.05) is 30.3 Å². The lowest BCUT2D eigenvalue weighted by Gasteiger charge is -2.30. The maximum Gasteiger partial charge on any atom is 0.321 e. The molecule has 0 spiro atoms. The largest absolute Gasteiger partial charge is 0.339 e. The van der Waals surface area contributed by atoms with Gasteiger partial charge in [-0.15, -0.1) is 0 Å². The molecule has 0 radical (unpaired) electrons. The predicted octanol–water partition coefficient (Wildman–Crippen LogP) is 4.76. The Morgan fingerprint density at radius 1 is 1.07 bits per heavy atom. The number of aromatic nitrogens is 2. The van der Waals surface area contributed by atoms with Crippen LogP contribution in [-0.2, 0) is 0 Å². The molecular weight excluding hydrogens is 352 g/mol. The third-order valence-electron chi connectivity index (χ3n) is 5.45. The van der Waals surface area contributed by atoms with E-state index in [1.54, 1.807) is 0 Å². The van der Waals surface area contributed by atoms with Gasteiger partial charge in [0.15, 0.2) is 0 Å². The number of nitrogens with one attached hydrogen (secondary N) is 1. The van der Waals surface area contributed by atoms with Crippen molar-refractivity contribution in [2.75, 3.05) is 18.4 Å². The Bertz CT molecular complexity index is 960. The highest BCUT2D eigenvalue weighted by atomic mass is 16.5. The van der Waals surface area contributed by atoms with E-state index in [2.05, 4.69) is 15.5 Å². The van der Waals surface area contributed by atoms with Gasteiger partial charge in [-0.05, 0) is 43.9 Å². The fraction of sp³-hybridized carbons (Fsp3) is 0.318. The smallest absolute Gasteiger partial charge is 0.321 e. The zero-order valence-corrected chi connectivity index (χ0v) is 16.2. The second-order valence-corrected chi connectivity index (χ2v) is 7.26. The molecule has 6 heteroatoms. The molecule has 6 nitrogen and oxygen atoms in total. The van der Waals surface area contributed by atoms with Crippen LogP contribution in [0.5, 0.6) is 0 Å². The van der Waals surface area contributed by atoms with Crippen molar-refractivity contribution in [2.24, 2.45) is 0 Å². The average molecular weight is 376 g/mol. The summed E-state index contributed by atoms with van der Waals surface area (Å²) in [4.78, 5) is 19.0. The first-order chi connectivity index (χ1) is 13.6. The summed E-state index contributed by atoms with van der Waals surface area (Å²) in [7, 11) is 0. The number of hydrogen-bond acceptors (Lipinski definition) is 4. The van der Waals surface area contributed by atoms with Crippen LogP contribution in [0.4, 0.5) is 10.5 Å². The molecule has 2 aromatic carbocycles. The third kappa shape index (κ3) is 3.76. The number of piperidine rings is 1. The number of carbonyl (C=O) groups excluding carboxylic acids is 1. The van der Waals surface area contributed by atoms with Crippen LogP contribution < -0.4 is 5.32 Å². The minimum atomic E-state index is -0.0531. The predicted molar refractivity (Wildman–Crippen MR) is 108 cm³/mol. The van der Waals surface area contributed by atoms with E-state index < -0.39 is 0 Å². The Morgan fingerprint density at radius 3 is 2.57 bits per heavy atom. The molecule has 0 bridgehead atoms. The Labute approximate surface area is 164 Å². The number of anilines is 1. The van der Waals surface area contributed by atoms with Crippen LogP contribution in [-0.4, -0.2) is 34.2 Å². The van der Waals surface area contributed by atoms with Crippen molar-refractivity contribution in [3.8, 4) is 11.4 Å². The summed E-state index contributed by atoms with van der Waals surface area (Å²) in [6.07, 6.45) is 1.63. The van der Waals surface area contributed by atoms with Gasteiger partial charge in [0.25, 0.3) is 0 Å². The summed E-state index contributed by atoms with van der Waals surface area (Å²) in [6, 6.07) is 15.7. The summed E-state index contributed by atoms with van der Waals surface area (Å²) in [5, 5.41) is 7.15. The quantitative estimate of drug-likeness (QED) is 0.715. The van der Waals surface area contributed by atoms with E-state index in [0.29, 0.717) is 24.8 Å². The van der Waals surface area contributed by atoms with Crippen LogP contribution in [0.25, 0.3) is 11.4 Å². The summed E-state index contributed by atoms with van der Waals surface area (Å²) in [5.74, 6) is 1.47. The Hall–Kier alpha value is -3.15. The summed E-state index contributed by atoms with van der Waals surface area (Å²) >= 11 is 0. The van der Waals surface area contributed by atoms with Gasteiger partial charge in [-0.2, -0.15) is 4.98 Å². The molecule has 4 rings (SSSR count).